The maximum absolute atomic E-state index is 14.0. The molecule has 4 unspecified atom stereocenters. The lowest BCUT2D eigenvalue weighted by atomic mass is 9.81. The van der Waals surface area contributed by atoms with Gasteiger partial charge in [0.25, 0.3) is 0 Å². The predicted octanol–water partition coefficient (Wildman–Crippen LogP) is 4.55. The van der Waals surface area contributed by atoms with E-state index in [2.05, 4.69) is 28.2 Å². The van der Waals surface area contributed by atoms with Crippen molar-refractivity contribution in [2.45, 2.75) is 45.1 Å². The van der Waals surface area contributed by atoms with Crippen LogP contribution in [0, 0.1) is 23.6 Å². The Kier molecular flexibility index (Phi) is 4.46. The van der Waals surface area contributed by atoms with Gasteiger partial charge in [-0.2, -0.15) is 0 Å². The third-order valence-electron chi connectivity index (χ3n) is 5.22. The third-order valence-corrected chi connectivity index (χ3v) is 5.72. The molecule has 0 saturated heterocycles. The molecule has 0 spiro atoms. The van der Waals surface area contributed by atoms with E-state index in [9.17, 15) is 4.39 Å². The largest absolute Gasteiger partial charge is 0.314 e. The first-order valence-corrected chi connectivity index (χ1v) is 8.64. The highest BCUT2D eigenvalue weighted by atomic mass is 79.9. The summed E-state index contributed by atoms with van der Waals surface area (Å²) in [6.45, 7) is 3.12. The molecule has 0 aliphatic heterocycles. The van der Waals surface area contributed by atoms with Crippen molar-refractivity contribution < 1.29 is 4.39 Å². The number of fused-ring (bicyclic) bond motifs is 2. The van der Waals surface area contributed by atoms with Crippen molar-refractivity contribution in [3.8, 4) is 0 Å². The van der Waals surface area contributed by atoms with Gasteiger partial charge in [-0.05, 0) is 73.7 Å². The Bertz CT molecular complexity index is 476. The van der Waals surface area contributed by atoms with Crippen LogP contribution in [0.1, 0.15) is 38.2 Å². The second-order valence-corrected chi connectivity index (χ2v) is 7.36. The number of halogens is 2. The van der Waals surface area contributed by atoms with Gasteiger partial charge in [-0.1, -0.05) is 29.3 Å². The second kappa shape index (κ2) is 6.15. The van der Waals surface area contributed by atoms with Gasteiger partial charge >= 0.3 is 0 Å². The fourth-order valence-electron chi connectivity index (χ4n) is 4.36. The quantitative estimate of drug-likeness (QED) is 0.829. The summed E-state index contributed by atoms with van der Waals surface area (Å²) < 4.78 is 15.0. The zero-order chi connectivity index (χ0) is 14.1. The normalized spacial score (nSPS) is 29.9. The predicted molar refractivity (Wildman–Crippen MR) is 84.2 cm³/mol. The SMILES string of the molecule is CCNC(Cc1cc(Br)ccc1F)C1CC2CCC1C2. The van der Waals surface area contributed by atoms with Crippen LogP contribution in [-0.2, 0) is 6.42 Å². The van der Waals surface area contributed by atoms with Gasteiger partial charge in [-0.15, -0.1) is 0 Å². The summed E-state index contributed by atoms with van der Waals surface area (Å²) in [7, 11) is 0. The molecule has 0 radical (unpaired) electrons. The summed E-state index contributed by atoms with van der Waals surface area (Å²) in [5.74, 6) is 2.49. The minimum atomic E-state index is -0.0701. The van der Waals surface area contributed by atoms with E-state index < -0.39 is 0 Å². The molecule has 1 aromatic rings. The van der Waals surface area contributed by atoms with Crippen molar-refractivity contribution in [1.82, 2.24) is 5.32 Å². The van der Waals surface area contributed by atoms with Gasteiger partial charge < -0.3 is 5.32 Å². The highest BCUT2D eigenvalue weighted by Gasteiger charge is 2.42. The Morgan fingerprint density at radius 2 is 2.20 bits per heavy atom. The minimum Gasteiger partial charge on any atom is -0.314 e. The Balaban J connectivity index is 1.75. The molecular weight excluding hydrogens is 317 g/mol. The molecule has 1 N–H and O–H groups in total. The zero-order valence-electron chi connectivity index (χ0n) is 12.0. The van der Waals surface area contributed by atoms with E-state index in [4.69, 9.17) is 0 Å². The van der Waals surface area contributed by atoms with Crippen molar-refractivity contribution in [3.63, 3.8) is 0 Å². The first-order chi connectivity index (χ1) is 9.67. The van der Waals surface area contributed by atoms with Gasteiger partial charge in [0.15, 0.2) is 0 Å². The third kappa shape index (κ3) is 2.94. The second-order valence-electron chi connectivity index (χ2n) is 6.44. The number of benzene rings is 1. The number of hydrogen-bond donors (Lipinski definition) is 1. The molecule has 4 atom stereocenters. The Morgan fingerprint density at radius 1 is 1.35 bits per heavy atom. The highest BCUT2D eigenvalue weighted by molar-refractivity contribution is 9.10. The molecule has 0 heterocycles. The molecule has 2 aliphatic rings. The molecule has 2 fully saturated rings. The maximum atomic E-state index is 14.0. The van der Waals surface area contributed by atoms with Crippen LogP contribution < -0.4 is 5.32 Å². The molecule has 0 amide bonds. The fourth-order valence-corrected chi connectivity index (χ4v) is 4.77. The lowest BCUT2D eigenvalue weighted by molar-refractivity contribution is 0.248. The molecular formula is C17H23BrFN. The van der Waals surface area contributed by atoms with E-state index in [1.54, 1.807) is 12.1 Å². The number of rotatable bonds is 5. The maximum Gasteiger partial charge on any atom is 0.126 e. The van der Waals surface area contributed by atoms with E-state index in [1.807, 2.05) is 6.07 Å². The highest BCUT2D eigenvalue weighted by Crippen LogP contribution is 2.50. The van der Waals surface area contributed by atoms with Gasteiger partial charge in [-0.3, -0.25) is 0 Å². The lowest BCUT2D eigenvalue weighted by Crippen LogP contribution is -2.40. The zero-order valence-corrected chi connectivity index (χ0v) is 13.6. The molecule has 1 aromatic carbocycles. The summed E-state index contributed by atoms with van der Waals surface area (Å²) in [6.07, 6.45) is 6.38. The van der Waals surface area contributed by atoms with E-state index >= 15 is 0 Å². The summed E-state index contributed by atoms with van der Waals surface area (Å²) in [5.41, 5.74) is 0.841. The number of likely N-dealkylation sites (N-methyl/N-ethyl adjacent to an activating group) is 1. The molecule has 2 bridgehead atoms. The van der Waals surface area contributed by atoms with Gasteiger partial charge in [0.1, 0.15) is 5.82 Å². The standard InChI is InChI=1S/C17H23BrFN/c1-2-20-17(15-8-11-3-4-12(15)7-11)10-13-9-14(18)5-6-16(13)19/h5-6,9,11-12,15,17,20H,2-4,7-8,10H2,1H3. The van der Waals surface area contributed by atoms with Gasteiger partial charge in [0.2, 0.25) is 0 Å². The summed E-state index contributed by atoms with van der Waals surface area (Å²) >= 11 is 3.45. The average Bonchev–Trinajstić information content (AvgIpc) is 3.05. The minimum absolute atomic E-state index is 0.0701. The van der Waals surface area contributed by atoms with E-state index in [0.717, 1.165) is 40.8 Å². The van der Waals surface area contributed by atoms with Crippen molar-refractivity contribution in [2.24, 2.45) is 17.8 Å². The topological polar surface area (TPSA) is 12.0 Å². The van der Waals surface area contributed by atoms with E-state index in [0.29, 0.717) is 6.04 Å². The number of hydrogen-bond acceptors (Lipinski definition) is 1. The summed E-state index contributed by atoms with van der Waals surface area (Å²) in [6, 6.07) is 5.72. The molecule has 20 heavy (non-hydrogen) atoms. The van der Waals surface area contributed by atoms with E-state index in [1.165, 1.54) is 25.7 Å². The molecule has 110 valence electrons. The van der Waals surface area contributed by atoms with Crippen molar-refractivity contribution in [2.75, 3.05) is 6.54 Å². The summed E-state index contributed by atoms with van der Waals surface area (Å²) in [5, 5.41) is 3.62. The van der Waals surface area contributed by atoms with Crippen LogP contribution in [0.25, 0.3) is 0 Å². The molecule has 0 aromatic heterocycles. The Labute approximate surface area is 129 Å². The van der Waals surface area contributed by atoms with Crippen molar-refractivity contribution in [3.05, 3.63) is 34.1 Å². The van der Waals surface area contributed by atoms with Crippen LogP contribution in [0.2, 0.25) is 0 Å². The van der Waals surface area contributed by atoms with Gasteiger partial charge in [-0.25, -0.2) is 4.39 Å². The van der Waals surface area contributed by atoms with Crippen LogP contribution >= 0.6 is 15.9 Å². The first kappa shape index (κ1) is 14.5. The van der Waals surface area contributed by atoms with Crippen molar-refractivity contribution >= 4 is 15.9 Å². The average molecular weight is 340 g/mol. The molecule has 2 saturated carbocycles. The van der Waals surface area contributed by atoms with E-state index in [-0.39, 0.29) is 5.82 Å². The van der Waals surface area contributed by atoms with Crippen LogP contribution in [0.5, 0.6) is 0 Å². The van der Waals surface area contributed by atoms with Crippen LogP contribution in [0.3, 0.4) is 0 Å². The summed E-state index contributed by atoms with van der Waals surface area (Å²) in [4.78, 5) is 0. The molecule has 1 nitrogen and oxygen atoms in total. The smallest absolute Gasteiger partial charge is 0.126 e. The van der Waals surface area contributed by atoms with Crippen LogP contribution in [0.15, 0.2) is 22.7 Å². The number of nitrogens with one attached hydrogen (secondary N) is 1. The fraction of sp³-hybridized carbons (Fsp3) is 0.647. The van der Waals surface area contributed by atoms with Gasteiger partial charge in [0.05, 0.1) is 0 Å². The molecule has 3 rings (SSSR count). The Hall–Kier alpha value is -0.410. The first-order valence-electron chi connectivity index (χ1n) is 7.84. The van der Waals surface area contributed by atoms with Crippen LogP contribution in [-0.4, -0.2) is 12.6 Å². The lowest BCUT2D eigenvalue weighted by Gasteiger charge is -2.31. The van der Waals surface area contributed by atoms with Gasteiger partial charge in [0, 0.05) is 10.5 Å². The van der Waals surface area contributed by atoms with Crippen LogP contribution in [0.4, 0.5) is 4.39 Å². The molecule has 3 heteroatoms. The molecule has 2 aliphatic carbocycles. The monoisotopic (exact) mass is 339 g/mol. The van der Waals surface area contributed by atoms with Crippen molar-refractivity contribution in [1.29, 1.82) is 0 Å². The Morgan fingerprint density at radius 3 is 2.85 bits per heavy atom.